The first-order valence-electron chi connectivity index (χ1n) is 5.33. The Labute approximate surface area is 81.1 Å². The van der Waals surface area contributed by atoms with E-state index in [-0.39, 0.29) is 0 Å². The second-order valence-electron chi connectivity index (χ2n) is 3.73. The highest BCUT2D eigenvalue weighted by molar-refractivity contribution is 5.05. The molecule has 2 heteroatoms. The molecular formula is C11H21NO. The minimum atomic E-state index is 0.337. The van der Waals surface area contributed by atoms with Gasteiger partial charge in [-0.25, -0.2) is 0 Å². The fraction of sp³-hybridized carbons (Fsp3) is 0.818. The van der Waals surface area contributed by atoms with Crippen LogP contribution in [0.3, 0.4) is 0 Å². The van der Waals surface area contributed by atoms with Gasteiger partial charge in [0.25, 0.3) is 0 Å². The third-order valence-electron chi connectivity index (χ3n) is 2.58. The number of ether oxygens (including phenoxy) is 1. The molecule has 1 atom stereocenters. The van der Waals surface area contributed by atoms with Crippen molar-refractivity contribution in [2.75, 3.05) is 13.2 Å². The van der Waals surface area contributed by atoms with E-state index in [1.807, 2.05) is 0 Å². The summed E-state index contributed by atoms with van der Waals surface area (Å²) in [7, 11) is 0. The highest BCUT2D eigenvalue weighted by Crippen LogP contribution is 2.19. The molecule has 0 saturated heterocycles. The summed E-state index contributed by atoms with van der Waals surface area (Å²) in [4.78, 5) is 0. The quantitative estimate of drug-likeness (QED) is 0.681. The number of allylic oxidation sites excluding steroid dienone is 1. The lowest BCUT2D eigenvalue weighted by Gasteiger charge is -2.20. The van der Waals surface area contributed by atoms with E-state index in [9.17, 15) is 0 Å². The van der Waals surface area contributed by atoms with E-state index in [0.29, 0.717) is 19.3 Å². The Balaban J connectivity index is 2.41. The smallest absolute Gasteiger partial charge is 0.0782 e. The lowest BCUT2D eigenvalue weighted by Crippen LogP contribution is -2.20. The maximum absolute atomic E-state index is 5.69. The van der Waals surface area contributed by atoms with Crippen molar-refractivity contribution >= 4 is 0 Å². The third-order valence-corrected chi connectivity index (χ3v) is 2.58. The van der Waals surface area contributed by atoms with Crippen LogP contribution < -0.4 is 5.73 Å². The van der Waals surface area contributed by atoms with Gasteiger partial charge in [0.05, 0.1) is 12.7 Å². The Kier molecular flexibility index (Phi) is 5.09. The molecule has 13 heavy (non-hydrogen) atoms. The van der Waals surface area contributed by atoms with Gasteiger partial charge in [-0.3, -0.25) is 0 Å². The predicted octanol–water partition coefficient (Wildman–Crippen LogP) is 2.24. The lowest BCUT2D eigenvalue weighted by atomic mass is 9.98. The summed E-state index contributed by atoms with van der Waals surface area (Å²) in [6.07, 6.45) is 9.01. The maximum atomic E-state index is 5.69. The molecule has 2 nitrogen and oxygen atoms in total. The van der Waals surface area contributed by atoms with Crippen molar-refractivity contribution in [3.05, 3.63) is 11.6 Å². The van der Waals surface area contributed by atoms with Gasteiger partial charge in [0.15, 0.2) is 0 Å². The molecule has 0 fully saturated rings. The second-order valence-corrected chi connectivity index (χ2v) is 3.73. The molecule has 0 aromatic heterocycles. The second kappa shape index (κ2) is 6.17. The zero-order valence-corrected chi connectivity index (χ0v) is 8.59. The Morgan fingerprint density at radius 2 is 2.31 bits per heavy atom. The summed E-state index contributed by atoms with van der Waals surface area (Å²) in [5, 5.41) is 0. The maximum Gasteiger partial charge on any atom is 0.0782 e. The first-order valence-corrected chi connectivity index (χ1v) is 5.33. The summed E-state index contributed by atoms with van der Waals surface area (Å²) in [6, 6.07) is 0. The molecule has 1 aliphatic rings. The van der Waals surface area contributed by atoms with Gasteiger partial charge in [-0.1, -0.05) is 18.9 Å². The average molecular weight is 183 g/mol. The van der Waals surface area contributed by atoms with Gasteiger partial charge < -0.3 is 10.5 Å². The Bertz CT molecular complexity index is 165. The molecule has 1 rings (SSSR count). The summed E-state index contributed by atoms with van der Waals surface area (Å²) in [5.41, 5.74) is 6.81. The minimum absolute atomic E-state index is 0.337. The zero-order chi connectivity index (χ0) is 9.52. The molecule has 1 unspecified atom stereocenters. The summed E-state index contributed by atoms with van der Waals surface area (Å²) in [5.74, 6) is 0. The van der Waals surface area contributed by atoms with Crippen molar-refractivity contribution in [1.82, 2.24) is 0 Å². The molecule has 0 aromatic rings. The highest BCUT2D eigenvalue weighted by Gasteiger charge is 2.12. The molecule has 0 amide bonds. The molecule has 0 spiro atoms. The monoisotopic (exact) mass is 183 g/mol. The Hall–Kier alpha value is -0.340. The molecule has 76 valence electrons. The summed E-state index contributed by atoms with van der Waals surface area (Å²) in [6.45, 7) is 3.49. The van der Waals surface area contributed by atoms with E-state index in [1.165, 1.54) is 37.7 Å². The number of rotatable bonds is 3. The van der Waals surface area contributed by atoms with Crippen LogP contribution in [0.25, 0.3) is 0 Å². The average Bonchev–Trinajstić information content (AvgIpc) is 2.11. The lowest BCUT2D eigenvalue weighted by molar-refractivity contribution is 0.0746. The molecule has 0 bridgehead atoms. The van der Waals surface area contributed by atoms with Crippen LogP contribution in [-0.4, -0.2) is 19.3 Å². The van der Waals surface area contributed by atoms with Crippen molar-refractivity contribution in [1.29, 1.82) is 0 Å². The van der Waals surface area contributed by atoms with Gasteiger partial charge in [-0.2, -0.15) is 0 Å². The third kappa shape index (κ3) is 3.92. The van der Waals surface area contributed by atoms with E-state index in [1.54, 1.807) is 0 Å². The van der Waals surface area contributed by atoms with Crippen molar-refractivity contribution in [2.45, 2.75) is 45.1 Å². The van der Waals surface area contributed by atoms with Crippen LogP contribution >= 0.6 is 0 Å². The molecule has 0 aliphatic heterocycles. The molecule has 0 aromatic carbocycles. The highest BCUT2D eigenvalue weighted by atomic mass is 16.5. The fourth-order valence-electron chi connectivity index (χ4n) is 1.76. The van der Waals surface area contributed by atoms with Crippen molar-refractivity contribution in [3.63, 3.8) is 0 Å². The van der Waals surface area contributed by atoms with Crippen LogP contribution in [0.4, 0.5) is 0 Å². The SMILES string of the molecule is C/C1=C/CCCCCC1OCCN. The zero-order valence-electron chi connectivity index (χ0n) is 8.59. The minimum Gasteiger partial charge on any atom is -0.373 e. The molecule has 0 radical (unpaired) electrons. The largest absolute Gasteiger partial charge is 0.373 e. The first kappa shape index (κ1) is 10.7. The van der Waals surface area contributed by atoms with Crippen LogP contribution in [0.5, 0.6) is 0 Å². The standard InChI is InChI=1S/C11H21NO/c1-10-6-4-2-3-5-7-11(10)13-9-8-12/h6,11H,2-5,7-9,12H2,1H3/b10-6-. The number of hydrogen-bond donors (Lipinski definition) is 1. The predicted molar refractivity (Wildman–Crippen MR) is 55.6 cm³/mol. The van der Waals surface area contributed by atoms with E-state index in [4.69, 9.17) is 10.5 Å². The first-order chi connectivity index (χ1) is 6.34. The Morgan fingerprint density at radius 1 is 1.46 bits per heavy atom. The molecule has 2 N–H and O–H groups in total. The molecule has 0 heterocycles. The van der Waals surface area contributed by atoms with Crippen LogP contribution in [-0.2, 0) is 4.74 Å². The van der Waals surface area contributed by atoms with Crippen molar-refractivity contribution < 1.29 is 4.74 Å². The van der Waals surface area contributed by atoms with Crippen LogP contribution in [0.2, 0.25) is 0 Å². The number of nitrogens with two attached hydrogens (primary N) is 1. The van der Waals surface area contributed by atoms with Crippen molar-refractivity contribution in [2.24, 2.45) is 5.73 Å². The van der Waals surface area contributed by atoms with Gasteiger partial charge >= 0.3 is 0 Å². The van der Waals surface area contributed by atoms with E-state index in [0.717, 1.165) is 0 Å². The fourth-order valence-corrected chi connectivity index (χ4v) is 1.76. The van der Waals surface area contributed by atoms with Gasteiger partial charge in [0.1, 0.15) is 0 Å². The Morgan fingerprint density at radius 3 is 3.08 bits per heavy atom. The molecule has 1 aliphatic carbocycles. The van der Waals surface area contributed by atoms with E-state index < -0.39 is 0 Å². The number of hydrogen-bond acceptors (Lipinski definition) is 2. The summed E-state index contributed by atoms with van der Waals surface area (Å²) >= 11 is 0. The van der Waals surface area contributed by atoms with E-state index in [2.05, 4.69) is 13.0 Å². The molecular weight excluding hydrogens is 162 g/mol. The van der Waals surface area contributed by atoms with Crippen LogP contribution in [0.15, 0.2) is 11.6 Å². The summed E-state index contributed by atoms with van der Waals surface area (Å²) < 4.78 is 5.69. The van der Waals surface area contributed by atoms with Crippen LogP contribution in [0.1, 0.15) is 39.0 Å². The molecule has 0 saturated carbocycles. The topological polar surface area (TPSA) is 35.2 Å². The van der Waals surface area contributed by atoms with Gasteiger partial charge in [0, 0.05) is 6.54 Å². The van der Waals surface area contributed by atoms with Crippen LogP contribution in [0, 0.1) is 0 Å². The van der Waals surface area contributed by atoms with Crippen molar-refractivity contribution in [3.8, 4) is 0 Å². The van der Waals surface area contributed by atoms with Gasteiger partial charge in [0.2, 0.25) is 0 Å². The van der Waals surface area contributed by atoms with Gasteiger partial charge in [-0.15, -0.1) is 0 Å². The van der Waals surface area contributed by atoms with Gasteiger partial charge in [-0.05, 0) is 31.8 Å². The van der Waals surface area contributed by atoms with E-state index >= 15 is 0 Å². The normalized spacial score (nSPS) is 28.8.